The molecule has 1 heterocycles. The highest BCUT2D eigenvalue weighted by molar-refractivity contribution is 7.89. The van der Waals surface area contributed by atoms with Gasteiger partial charge >= 0.3 is 0 Å². The van der Waals surface area contributed by atoms with Crippen LogP contribution in [0.15, 0.2) is 47.4 Å². The smallest absolute Gasteiger partial charge is 0.243 e. The van der Waals surface area contributed by atoms with E-state index in [1.54, 1.807) is 28.6 Å². The van der Waals surface area contributed by atoms with Gasteiger partial charge in [0.2, 0.25) is 10.0 Å². The normalized spacial score (nSPS) is 16.7. The molecule has 1 aliphatic rings. The molecule has 1 fully saturated rings. The van der Waals surface area contributed by atoms with Gasteiger partial charge in [-0.25, -0.2) is 12.8 Å². The Morgan fingerprint density at radius 3 is 2.19 bits per heavy atom. The maximum absolute atomic E-state index is 13.0. The summed E-state index contributed by atoms with van der Waals surface area (Å²) in [4.78, 5) is 2.64. The van der Waals surface area contributed by atoms with Crippen molar-refractivity contribution in [3.05, 3.63) is 65.0 Å². The van der Waals surface area contributed by atoms with Crippen LogP contribution in [0.25, 0.3) is 0 Å². The summed E-state index contributed by atoms with van der Waals surface area (Å²) in [6.45, 7) is 7.18. The largest absolute Gasteiger partial charge is 0.300 e. The topological polar surface area (TPSA) is 40.6 Å². The van der Waals surface area contributed by atoms with Crippen molar-refractivity contribution in [2.24, 2.45) is 0 Å². The Bertz CT molecular complexity index is 858. The molecule has 0 N–H and O–H groups in total. The Morgan fingerprint density at radius 2 is 1.58 bits per heavy atom. The van der Waals surface area contributed by atoms with E-state index in [0.717, 1.165) is 29.7 Å². The van der Waals surface area contributed by atoms with Gasteiger partial charge in [0.05, 0.1) is 4.90 Å². The predicted molar refractivity (Wildman–Crippen MR) is 101 cm³/mol. The quantitative estimate of drug-likeness (QED) is 0.806. The zero-order chi connectivity index (χ0) is 18.7. The minimum atomic E-state index is -3.43. The average molecular weight is 376 g/mol. The molecule has 140 valence electrons. The first-order valence-electron chi connectivity index (χ1n) is 8.90. The fourth-order valence-electron chi connectivity index (χ4n) is 3.16. The lowest BCUT2D eigenvalue weighted by atomic mass is 10.1. The molecule has 0 atom stereocenters. The van der Waals surface area contributed by atoms with Crippen molar-refractivity contribution in [2.75, 3.05) is 32.7 Å². The van der Waals surface area contributed by atoms with Gasteiger partial charge in [-0.2, -0.15) is 4.31 Å². The Balaban J connectivity index is 1.57. The zero-order valence-corrected chi connectivity index (χ0v) is 16.1. The Morgan fingerprint density at radius 1 is 0.923 bits per heavy atom. The van der Waals surface area contributed by atoms with Gasteiger partial charge < -0.3 is 4.90 Å². The second kappa shape index (κ2) is 7.86. The molecule has 0 saturated carbocycles. The van der Waals surface area contributed by atoms with Gasteiger partial charge in [0.1, 0.15) is 5.82 Å². The third kappa shape index (κ3) is 4.31. The van der Waals surface area contributed by atoms with Gasteiger partial charge in [0, 0.05) is 32.7 Å². The van der Waals surface area contributed by atoms with E-state index in [1.807, 2.05) is 19.9 Å². The van der Waals surface area contributed by atoms with Gasteiger partial charge in [0.15, 0.2) is 0 Å². The summed E-state index contributed by atoms with van der Waals surface area (Å²) in [5.41, 5.74) is 3.18. The van der Waals surface area contributed by atoms with E-state index in [0.29, 0.717) is 31.1 Å². The van der Waals surface area contributed by atoms with Crippen molar-refractivity contribution >= 4 is 10.0 Å². The third-order valence-corrected chi connectivity index (χ3v) is 6.97. The van der Waals surface area contributed by atoms with Crippen molar-refractivity contribution in [2.45, 2.75) is 25.2 Å². The molecule has 4 nitrogen and oxygen atoms in total. The van der Waals surface area contributed by atoms with Gasteiger partial charge in [-0.3, -0.25) is 0 Å². The number of hydrogen-bond donors (Lipinski definition) is 0. The molecule has 0 aromatic heterocycles. The third-order valence-electron chi connectivity index (χ3n) is 5.08. The second-order valence-electron chi connectivity index (χ2n) is 6.87. The molecule has 3 rings (SSSR count). The minimum absolute atomic E-state index is 0.223. The van der Waals surface area contributed by atoms with Crippen LogP contribution in [0.4, 0.5) is 4.39 Å². The Labute approximate surface area is 155 Å². The monoisotopic (exact) mass is 376 g/mol. The van der Waals surface area contributed by atoms with Crippen LogP contribution in [0.2, 0.25) is 0 Å². The number of halogens is 1. The SMILES string of the molecule is Cc1ccc(S(=O)(=O)N2CCN(CCc3ccc(F)cc3)CC2)cc1C. The molecule has 0 unspecified atom stereocenters. The van der Waals surface area contributed by atoms with Crippen LogP contribution in [-0.2, 0) is 16.4 Å². The number of nitrogens with zero attached hydrogens (tertiary/aromatic N) is 2. The zero-order valence-electron chi connectivity index (χ0n) is 15.3. The molecule has 1 saturated heterocycles. The molecule has 0 radical (unpaired) electrons. The number of aryl methyl sites for hydroxylation is 2. The summed E-state index contributed by atoms with van der Waals surface area (Å²) < 4.78 is 40.2. The van der Waals surface area contributed by atoms with Gasteiger partial charge in [-0.1, -0.05) is 18.2 Å². The lowest BCUT2D eigenvalue weighted by Gasteiger charge is -2.34. The van der Waals surface area contributed by atoms with Gasteiger partial charge in [0.25, 0.3) is 0 Å². The number of sulfonamides is 1. The summed E-state index contributed by atoms with van der Waals surface area (Å²) in [6, 6.07) is 11.9. The van der Waals surface area contributed by atoms with Gasteiger partial charge in [-0.05, 0) is 61.2 Å². The molecule has 0 bridgehead atoms. The van der Waals surface area contributed by atoms with Crippen LogP contribution in [-0.4, -0.2) is 50.3 Å². The number of benzene rings is 2. The summed E-state index contributed by atoms with van der Waals surface area (Å²) in [5, 5.41) is 0. The highest BCUT2D eigenvalue weighted by Gasteiger charge is 2.28. The maximum Gasteiger partial charge on any atom is 0.243 e. The van der Waals surface area contributed by atoms with Crippen LogP contribution in [0.1, 0.15) is 16.7 Å². The molecule has 1 aliphatic heterocycles. The maximum atomic E-state index is 13.0. The number of hydrogen-bond acceptors (Lipinski definition) is 3. The van der Waals surface area contributed by atoms with Crippen LogP contribution in [0.3, 0.4) is 0 Å². The van der Waals surface area contributed by atoms with E-state index in [9.17, 15) is 12.8 Å². The van der Waals surface area contributed by atoms with Crippen LogP contribution >= 0.6 is 0 Å². The van der Waals surface area contributed by atoms with Crippen LogP contribution in [0.5, 0.6) is 0 Å². The van der Waals surface area contributed by atoms with Crippen LogP contribution < -0.4 is 0 Å². The molecule has 0 spiro atoms. The van der Waals surface area contributed by atoms with Crippen molar-refractivity contribution < 1.29 is 12.8 Å². The number of rotatable bonds is 5. The molecule has 2 aromatic rings. The Kier molecular flexibility index (Phi) is 5.75. The van der Waals surface area contributed by atoms with E-state index in [4.69, 9.17) is 0 Å². The summed E-state index contributed by atoms with van der Waals surface area (Å²) >= 11 is 0. The van der Waals surface area contributed by atoms with E-state index in [-0.39, 0.29) is 5.82 Å². The molecular weight excluding hydrogens is 351 g/mol. The molecule has 26 heavy (non-hydrogen) atoms. The first-order valence-corrected chi connectivity index (χ1v) is 10.3. The number of piperazine rings is 1. The fraction of sp³-hybridized carbons (Fsp3) is 0.400. The summed E-state index contributed by atoms with van der Waals surface area (Å²) in [6.07, 6.45) is 0.837. The predicted octanol–water partition coefficient (Wildman–Crippen LogP) is 2.99. The Hall–Kier alpha value is -1.76. The van der Waals surface area contributed by atoms with Crippen molar-refractivity contribution in [1.82, 2.24) is 9.21 Å². The van der Waals surface area contributed by atoms with E-state index >= 15 is 0 Å². The fourth-order valence-corrected chi connectivity index (χ4v) is 4.66. The van der Waals surface area contributed by atoms with Crippen molar-refractivity contribution in [3.63, 3.8) is 0 Å². The molecule has 2 aromatic carbocycles. The minimum Gasteiger partial charge on any atom is -0.300 e. The average Bonchev–Trinajstić information content (AvgIpc) is 2.64. The van der Waals surface area contributed by atoms with Gasteiger partial charge in [-0.15, -0.1) is 0 Å². The van der Waals surface area contributed by atoms with Crippen molar-refractivity contribution in [3.8, 4) is 0 Å². The summed E-state index contributed by atoms with van der Waals surface area (Å²) in [7, 11) is -3.43. The highest BCUT2D eigenvalue weighted by atomic mass is 32.2. The van der Waals surface area contributed by atoms with E-state index in [1.165, 1.54) is 12.1 Å². The lowest BCUT2D eigenvalue weighted by molar-refractivity contribution is 0.190. The first-order chi connectivity index (χ1) is 12.4. The highest BCUT2D eigenvalue weighted by Crippen LogP contribution is 2.20. The van der Waals surface area contributed by atoms with Crippen LogP contribution in [0, 0.1) is 19.7 Å². The molecule has 0 aliphatic carbocycles. The van der Waals surface area contributed by atoms with E-state index < -0.39 is 10.0 Å². The summed E-state index contributed by atoms with van der Waals surface area (Å²) in [5.74, 6) is -0.223. The second-order valence-corrected chi connectivity index (χ2v) is 8.81. The van der Waals surface area contributed by atoms with Crippen molar-refractivity contribution in [1.29, 1.82) is 0 Å². The lowest BCUT2D eigenvalue weighted by Crippen LogP contribution is -2.49. The van der Waals surface area contributed by atoms with E-state index in [2.05, 4.69) is 4.90 Å². The molecule has 6 heteroatoms. The standard InChI is InChI=1S/C20H25FN2O2S/c1-16-3-8-20(15-17(16)2)26(24,25)23-13-11-22(12-14-23)10-9-18-4-6-19(21)7-5-18/h3-8,15H,9-14H2,1-2H3. The molecule has 0 amide bonds. The molecular formula is C20H25FN2O2S. The first kappa shape index (κ1) is 19.0.